The van der Waals surface area contributed by atoms with Gasteiger partial charge in [0.15, 0.2) is 0 Å². The molecule has 0 aliphatic rings. The number of hydrogen-bond acceptors (Lipinski definition) is 2. The van der Waals surface area contributed by atoms with Crippen LogP contribution in [-0.4, -0.2) is 13.0 Å². The van der Waals surface area contributed by atoms with Gasteiger partial charge in [-0.3, -0.25) is 4.55 Å². The number of hydrogen-bond donors (Lipinski definition) is 1. The smallest absolute Gasteiger partial charge is 0.282 e. The molecule has 0 unspecified atom stereocenters. The third-order valence-corrected chi connectivity index (χ3v) is 4.24. The van der Waals surface area contributed by atoms with E-state index in [1.807, 2.05) is 0 Å². The minimum absolute atomic E-state index is 0.307. The molecule has 2 aromatic carbocycles. The van der Waals surface area contributed by atoms with Crippen molar-refractivity contribution in [2.45, 2.75) is 24.7 Å². The van der Waals surface area contributed by atoms with Crippen LogP contribution in [-0.2, 0) is 10.1 Å². The van der Waals surface area contributed by atoms with Crippen LogP contribution in [0.2, 0.25) is 0 Å². The molecule has 6 heteroatoms. The van der Waals surface area contributed by atoms with Crippen LogP contribution in [0.15, 0.2) is 53.4 Å². The van der Waals surface area contributed by atoms with Crippen molar-refractivity contribution >= 4 is 32.7 Å². The van der Waals surface area contributed by atoms with Crippen LogP contribution in [0.1, 0.15) is 25.3 Å². The molecule has 0 radical (unpaired) electrons. The first kappa shape index (κ1) is 18.1. The molecule has 0 atom stereocenters. The predicted octanol–water partition coefficient (Wildman–Crippen LogP) is 4.49. The van der Waals surface area contributed by atoms with E-state index < -0.39 is 15.9 Å². The standard InChI is InChI=1S/C9H11I.C6H5FO3S/c1-7(2)8-3-5-9(10)6-4-8;7-5-1-3-6(4-2-5)11(8,9)10/h3-7H,1-2H3;1-4H,(H,8,9,10). The van der Waals surface area contributed by atoms with Crippen LogP contribution in [0.25, 0.3) is 0 Å². The lowest BCUT2D eigenvalue weighted by Crippen LogP contribution is -1.97. The van der Waals surface area contributed by atoms with Gasteiger partial charge in [0.05, 0.1) is 4.90 Å². The van der Waals surface area contributed by atoms with Crippen molar-refractivity contribution < 1.29 is 17.4 Å². The van der Waals surface area contributed by atoms with Crippen molar-refractivity contribution in [3.8, 4) is 0 Å². The molecule has 0 saturated heterocycles. The van der Waals surface area contributed by atoms with Gasteiger partial charge >= 0.3 is 0 Å². The summed E-state index contributed by atoms with van der Waals surface area (Å²) in [5.74, 6) is 0.106. The van der Waals surface area contributed by atoms with Crippen molar-refractivity contribution in [1.29, 1.82) is 0 Å². The summed E-state index contributed by atoms with van der Waals surface area (Å²) >= 11 is 2.32. The monoisotopic (exact) mass is 422 g/mol. The summed E-state index contributed by atoms with van der Waals surface area (Å²) in [6.07, 6.45) is 0. The maximum atomic E-state index is 12.2. The number of benzene rings is 2. The molecule has 0 heterocycles. The van der Waals surface area contributed by atoms with Crippen LogP contribution in [0.4, 0.5) is 4.39 Å². The predicted molar refractivity (Wildman–Crippen MR) is 89.5 cm³/mol. The van der Waals surface area contributed by atoms with Crippen molar-refractivity contribution in [3.63, 3.8) is 0 Å². The molecule has 0 saturated carbocycles. The van der Waals surface area contributed by atoms with Gasteiger partial charge in [0, 0.05) is 3.57 Å². The Hall–Kier alpha value is -0.990. The van der Waals surface area contributed by atoms with E-state index in [0.29, 0.717) is 5.92 Å². The summed E-state index contributed by atoms with van der Waals surface area (Å²) in [7, 11) is -4.19. The van der Waals surface area contributed by atoms with Gasteiger partial charge in [0.25, 0.3) is 10.1 Å². The third kappa shape index (κ3) is 6.54. The average Bonchev–Trinajstić information content (AvgIpc) is 2.39. The Morgan fingerprint density at radius 3 is 1.86 bits per heavy atom. The molecule has 0 bridgehead atoms. The summed E-state index contributed by atoms with van der Waals surface area (Å²) in [5.41, 5.74) is 1.42. The molecule has 0 aliphatic heterocycles. The zero-order valence-electron chi connectivity index (χ0n) is 11.6. The molecule has 0 amide bonds. The van der Waals surface area contributed by atoms with E-state index in [4.69, 9.17) is 4.55 Å². The Morgan fingerprint density at radius 1 is 1.00 bits per heavy atom. The van der Waals surface area contributed by atoms with Crippen molar-refractivity contribution in [3.05, 3.63) is 63.5 Å². The Kier molecular flexibility index (Phi) is 6.76. The van der Waals surface area contributed by atoms with Crippen LogP contribution >= 0.6 is 22.6 Å². The minimum atomic E-state index is -4.19. The van der Waals surface area contributed by atoms with Gasteiger partial charge in [-0.2, -0.15) is 8.42 Å². The molecular formula is C15H16FIO3S. The molecule has 0 aliphatic carbocycles. The Labute approximate surface area is 138 Å². The fourth-order valence-corrected chi connectivity index (χ4v) is 2.29. The molecule has 0 spiro atoms. The van der Waals surface area contributed by atoms with Crippen molar-refractivity contribution in [2.24, 2.45) is 0 Å². The lowest BCUT2D eigenvalue weighted by molar-refractivity contribution is 0.483. The SMILES string of the molecule is CC(C)c1ccc(I)cc1.O=S(=O)(O)c1ccc(F)cc1. The Morgan fingerprint density at radius 2 is 1.48 bits per heavy atom. The van der Waals surface area contributed by atoms with E-state index in [-0.39, 0.29) is 4.90 Å². The summed E-state index contributed by atoms with van der Waals surface area (Å²) < 4.78 is 42.7. The molecule has 0 aromatic heterocycles. The maximum Gasteiger partial charge on any atom is 0.294 e. The first-order valence-corrected chi connectivity index (χ1v) is 8.70. The Balaban J connectivity index is 0.000000211. The highest BCUT2D eigenvalue weighted by molar-refractivity contribution is 14.1. The molecule has 0 fully saturated rings. The van der Waals surface area contributed by atoms with Gasteiger partial charge in [-0.25, -0.2) is 4.39 Å². The highest BCUT2D eigenvalue weighted by atomic mass is 127. The fraction of sp³-hybridized carbons (Fsp3) is 0.200. The summed E-state index contributed by atoms with van der Waals surface area (Å²) in [6, 6.07) is 12.6. The van der Waals surface area contributed by atoms with Gasteiger partial charge in [-0.15, -0.1) is 0 Å². The van der Waals surface area contributed by atoms with E-state index in [0.717, 1.165) is 24.3 Å². The second-order valence-electron chi connectivity index (χ2n) is 4.64. The minimum Gasteiger partial charge on any atom is -0.282 e. The van der Waals surface area contributed by atoms with Gasteiger partial charge in [-0.1, -0.05) is 26.0 Å². The molecule has 3 nitrogen and oxygen atoms in total. The molecule has 114 valence electrons. The van der Waals surface area contributed by atoms with E-state index >= 15 is 0 Å². The lowest BCUT2D eigenvalue weighted by Gasteiger charge is -2.03. The molecular weight excluding hydrogens is 406 g/mol. The summed E-state index contributed by atoms with van der Waals surface area (Å²) in [6.45, 7) is 4.42. The third-order valence-electron chi connectivity index (χ3n) is 2.65. The van der Waals surface area contributed by atoms with E-state index in [2.05, 4.69) is 60.7 Å². The van der Waals surface area contributed by atoms with Crippen LogP contribution in [0.3, 0.4) is 0 Å². The number of halogens is 2. The summed E-state index contributed by atoms with van der Waals surface area (Å²) in [5, 5.41) is 0. The van der Waals surface area contributed by atoms with Crippen LogP contribution < -0.4 is 0 Å². The molecule has 1 N–H and O–H groups in total. The highest BCUT2D eigenvalue weighted by Crippen LogP contribution is 2.15. The second-order valence-corrected chi connectivity index (χ2v) is 7.30. The fourth-order valence-electron chi connectivity index (χ4n) is 1.45. The largest absolute Gasteiger partial charge is 0.294 e. The first-order chi connectivity index (χ1) is 9.70. The maximum absolute atomic E-state index is 12.2. The lowest BCUT2D eigenvalue weighted by atomic mass is 10.0. The van der Waals surface area contributed by atoms with Gasteiger partial charge in [0.2, 0.25) is 0 Å². The van der Waals surface area contributed by atoms with Gasteiger partial charge in [0.1, 0.15) is 5.82 Å². The zero-order valence-corrected chi connectivity index (χ0v) is 14.6. The normalized spacial score (nSPS) is 11.0. The Bertz CT molecular complexity index is 665. The molecule has 2 aromatic rings. The number of rotatable bonds is 2. The van der Waals surface area contributed by atoms with Gasteiger partial charge in [-0.05, 0) is 70.5 Å². The second kappa shape index (κ2) is 7.86. The van der Waals surface area contributed by atoms with Gasteiger partial charge < -0.3 is 0 Å². The van der Waals surface area contributed by atoms with E-state index in [1.54, 1.807) is 0 Å². The molecule has 2 rings (SSSR count). The van der Waals surface area contributed by atoms with E-state index in [1.165, 1.54) is 9.13 Å². The topological polar surface area (TPSA) is 54.4 Å². The zero-order chi connectivity index (χ0) is 16.0. The average molecular weight is 422 g/mol. The first-order valence-electron chi connectivity index (χ1n) is 6.18. The van der Waals surface area contributed by atoms with Crippen LogP contribution in [0, 0.1) is 9.39 Å². The van der Waals surface area contributed by atoms with Crippen molar-refractivity contribution in [1.82, 2.24) is 0 Å². The quantitative estimate of drug-likeness (QED) is 0.574. The van der Waals surface area contributed by atoms with Crippen LogP contribution in [0.5, 0.6) is 0 Å². The van der Waals surface area contributed by atoms with Crippen molar-refractivity contribution in [2.75, 3.05) is 0 Å². The summed E-state index contributed by atoms with van der Waals surface area (Å²) in [4.78, 5) is -0.307. The van der Waals surface area contributed by atoms with E-state index in [9.17, 15) is 12.8 Å². The highest BCUT2D eigenvalue weighted by Gasteiger charge is 2.07. The molecule has 21 heavy (non-hydrogen) atoms.